The van der Waals surface area contributed by atoms with Gasteiger partial charge in [-0.3, -0.25) is 0 Å². The van der Waals surface area contributed by atoms with Gasteiger partial charge in [0, 0.05) is 30.9 Å². The summed E-state index contributed by atoms with van der Waals surface area (Å²) in [4.78, 5) is 23.7. The van der Waals surface area contributed by atoms with E-state index in [1.165, 1.54) is 4.88 Å². The summed E-state index contributed by atoms with van der Waals surface area (Å²) in [5, 5.41) is 0.767. The van der Waals surface area contributed by atoms with Crippen molar-refractivity contribution in [2.24, 2.45) is 0 Å². The van der Waals surface area contributed by atoms with Gasteiger partial charge in [0.25, 0.3) is 0 Å². The molecule has 1 fully saturated rings. The minimum atomic E-state index is -0.00629. The average Bonchev–Trinajstić information content (AvgIpc) is 2.81. The molecule has 3 rings (SSSR count). The van der Waals surface area contributed by atoms with Crippen LogP contribution in [-0.4, -0.2) is 54.4 Å². The van der Waals surface area contributed by atoms with E-state index < -0.39 is 0 Å². The van der Waals surface area contributed by atoms with Gasteiger partial charge in [-0.05, 0) is 14.0 Å². The van der Waals surface area contributed by atoms with Crippen LogP contribution in [-0.2, 0) is 17.7 Å². The first-order valence-electron chi connectivity index (χ1n) is 6.50. The Balaban J connectivity index is 1.84. The number of carbonyl (C=O) groups is 1. The first kappa shape index (κ1) is 12.8. The van der Waals surface area contributed by atoms with Gasteiger partial charge in [-0.1, -0.05) is 11.3 Å². The molecule has 19 heavy (non-hydrogen) atoms. The molecule has 1 aromatic rings. The topological polar surface area (TPSA) is 48.9 Å². The van der Waals surface area contributed by atoms with E-state index in [0.717, 1.165) is 30.3 Å². The fourth-order valence-corrected chi connectivity index (χ4v) is 3.48. The Kier molecular flexibility index (Phi) is 3.42. The summed E-state index contributed by atoms with van der Waals surface area (Å²) >= 11 is 1.61. The van der Waals surface area contributed by atoms with Crippen LogP contribution in [0.1, 0.15) is 17.5 Å². The van der Waals surface area contributed by atoms with Gasteiger partial charge in [0.05, 0.1) is 5.69 Å². The van der Waals surface area contributed by atoms with Crippen LogP contribution in [0.2, 0.25) is 0 Å². The number of rotatable bonds is 2. The van der Waals surface area contributed by atoms with Crippen molar-refractivity contribution in [1.29, 1.82) is 0 Å². The van der Waals surface area contributed by atoms with Crippen LogP contribution in [0.5, 0.6) is 0 Å². The maximum atomic E-state index is 12.3. The molecule has 0 spiro atoms. The molecule has 2 aliphatic rings. The lowest BCUT2D eigenvalue weighted by Crippen LogP contribution is -2.50. The number of likely N-dealkylation sites (N-methyl/N-ethyl adjacent to an activating group) is 1. The molecule has 6 nitrogen and oxygen atoms in total. The van der Waals surface area contributed by atoms with Gasteiger partial charge in [0.1, 0.15) is 13.5 Å². The highest BCUT2D eigenvalue weighted by Crippen LogP contribution is 2.31. The third-order valence-corrected chi connectivity index (χ3v) is 4.60. The van der Waals surface area contributed by atoms with E-state index in [9.17, 15) is 4.79 Å². The van der Waals surface area contributed by atoms with Gasteiger partial charge in [-0.25, -0.2) is 14.7 Å². The van der Waals surface area contributed by atoms with Crippen LogP contribution < -0.4 is 4.90 Å². The lowest BCUT2D eigenvalue weighted by atomic mass is 10.2. The smallest absolute Gasteiger partial charge is 0.330 e. The van der Waals surface area contributed by atoms with Crippen LogP contribution in [0.3, 0.4) is 0 Å². The molecule has 0 radical (unpaired) electrons. The minimum absolute atomic E-state index is 0.00629. The molecule has 0 aliphatic carbocycles. The predicted octanol–water partition coefficient (Wildman–Crippen LogP) is 1.32. The molecule has 0 saturated carbocycles. The van der Waals surface area contributed by atoms with Crippen LogP contribution in [0.25, 0.3) is 0 Å². The third kappa shape index (κ3) is 2.33. The van der Waals surface area contributed by atoms with E-state index in [4.69, 9.17) is 4.74 Å². The Morgan fingerprint density at radius 1 is 1.42 bits per heavy atom. The Morgan fingerprint density at radius 2 is 2.26 bits per heavy atom. The zero-order valence-electron chi connectivity index (χ0n) is 11.3. The summed E-state index contributed by atoms with van der Waals surface area (Å²) in [6, 6.07) is -0.00629. The second-order valence-electron chi connectivity index (χ2n) is 4.88. The van der Waals surface area contributed by atoms with Crippen molar-refractivity contribution in [2.45, 2.75) is 19.9 Å². The van der Waals surface area contributed by atoms with Gasteiger partial charge in [0.2, 0.25) is 0 Å². The summed E-state index contributed by atoms with van der Waals surface area (Å²) in [7, 11) is 2.11. The molecule has 3 heterocycles. The van der Waals surface area contributed by atoms with E-state index in [1.54, 1.807) is 21.1 Å². The van der Waals surface area contributed by atoms with Crippen LogP contribution in [0, 0.1) is 0 Å². The van der Waals surface area contributed by atoms with E-state index in [2.05, 4.69) is 16.9 Å². The highest BCUT2D eigenvalue weighted by Gasteiger charge is 2.30. The number of thiazole rings is 1. The molecular formula is C12H18N4O2S. The second kappa shape index (κ2) is 5.07. The van der Waals surface area contributed by atoms with Gasteiger partial charge in [0.15, 0.2) is 5.13 Å². The van der Waals surface area contributed by atoms with Gasteiger partial charge < -0.3 is 14.5 Å². The lowest BCUT2D eigenvalue weighted by Gasteiger charge is -2.33. The Bertz CT molecular complexity index is 490. The van der Waals surface area contributed by atoms with Crippen molar-refractivity contribution in [3.05, 3.63) is 10.6 Å². The monoisotopic (exact) mass is 282 g/mol. The van der Waals surface area contributed by atoms with Gasteiger partial charge in [-0.15, -0.1) is 0 Å². The molecule has 0 atom stereocenters. The summed E-state index contributed by atoms with van der Waals surface area (Å²) in [6.45, 7) is 5.24. The van der Waals surface area contributed by atoms with Crippen molar-refractivity contribution in [1.82, 2.24) is 14.8 Å². The average molecular weight is 282 g/mol. The molecule has 0 unspecified atom stereocenters. The Hall–Kier alpha value is -1.18. The Morgan fingerprint density at radius 3 is 3.05 bits per heavy atom. The largest absolute Gasteiger partial charge is 0.340 e. The van der Waals surface area contributed by atoms with Crippen LogP contribution in [0.4, 0.5) is 9.93 Å². The van der Waals surface area contributed by atoms with E-state index in [1.807, 2.05) is 6.92 Å². The molecule has 0 bridgehead atoms. The molecule has 7 heteroatoms. The number of fused-ring (bicyclic) bond motifs is 1. The maximum absolute atomic E-state index is 12.3. The first-order valence-corrected chi connectivity index (χ1v) is 7.32. The van der Waals surface area contributed by atoms with Crippen molar-refractivity contribution in [2.75, 3.05) is 38.5 Å². The minimum Gasteiger partial charge on any atom is -0.340 e. The number of carbonyl (C=O) groups excluding carboxylic acids is 1. The normalized spacial score (nSPS) is 20.8. The molecule has 1 saturated heterocycles. The standard InChI is InChI=1S/C12H18N4O2S/c1-3-15-7-18-8-16(12(15)17)11-13-9-4-5-14(2)6-10(9)19-11/h3-8H2,1-2H3. The van der Waals surface area contributed by atoms with E-state index in [0.29, 0.717) is 20.0 Å². The summed E-state index contributed by atoms with van der Waals surface area (Å²) in [6.07, 6.45) is 0.961. The van der Waals surface area contributed by atoms with E-state index in [-0.39, 0.29) is 6.03 Å². The Labute approximate surface area is 116 Å². The molecular weight excluding hydrogens is 264 g/mol. The van der Waals surface area contributed by atoms with Crippen molar-refractivity contribution < 1.29 is 9.53 Å². The highest BCUT2D eigenvalue weighted by atomic mass is 32.1. The fourth-order valence-electron chi connectivity index (χ4n) is 2.31. The summed E-state index contributed by atoms with van der Waals surface area (Å²) < 4.78 is 5.45. The van der Waals surface area contributed by atoms with Gasteiger partial charge in [-0.2, -0.15) is 0 Å². The summed E-state index contributed by atoms with van der Waals surface area (Å²) in [5.41, 5.74) is 1.14. The molecule has 2 amide bonds. The number of amides is 2. The SMILES string of the molecule is CCN1COCN(c2nc3c(s2)CN(C)CC3)C1=O. The molecule has 2 aliphatic heterocycles. The first-order chi connectivity index (χ1) is 9.19. The number of urea groups is 1. The third-order valence-electron chi connectivity index (χ3n) is 3.49. The predicted molar refractivity (Wildman–Crippen MR) is 73.2 cm³/mol. The fraction of sp³-hybridized carbons (Fsp3) is 0.667. The van der Waals surface area contributed by atoms with Crippen LogP contribution in [0.15, 0.2) is 0 Å². The zero-order valence-corrected chi connectivity index (χ0v) is 12.1. The van der Waals surface area contributed by atoms with E-state index >= 15 is 0 Å². The lowest BCUT2D eigenvalue weighted by molar-refractivity contribution is 0.0268. The zero-order chi connectivity index (χ0) is 13.4. The second-order valence-corrected chi connectivity index (χ2v) is 5.95. The molecule has 1 aromatic heterocycles. The van der Waals surface area contributed by atoms with Crippen molar-refractivity contribution >= 4 is 22.5 Å². The van der Waals surface area contributed by atoms with Crippen molar-refractivity contribution in [3.63, 3.8) is 0 Å². The number of anilines is 1. The highest BCUT2D eigenvalue weighted by molar-refractivity contribution is 7.15. The summed E-state index contributed by atoms with van der Waals surface area (Å²) in [5.74, 6) is 0. The molecule has 0 N–H and O–H groups in total. The molecule has 104 valence electrons. The number of nitrogens with zero attached hydrogens (tertiary/aromatic N) is 4. The quantitative estimate of drug-likeness (QED) is 0.821. The molecule has 0 aromatic carbocycles. The van der Waals surface area contributed by atoms with Crippen LogP contribution >= 0.6 is 11.3 Å². The van der Waals surface area contributed by atoms with Gasteiger partial charge >= 0.3 is 6.03 Å². The number of hydrogen-bond acceptors (Lipinski definition) is 5. The number of aromatic nitrogens is 1. The number of ether oxygens (including phenoxy) is 1. The maximum Gasteiger partial charge on any atom is 0.330 e. The van der Waals surface area contributed by atoms with Crippen molar-refractivity contribution in [3.8, 4) is 0 Å². The number of hydrogen-bond donors (Lipinski definition) is 0.